The van der Waals surface area contributed by atoms with Crippen molar-refractivity contribution in [3.8, 4) is 0 Å². The highest BCUT2D eigenvalue weighted by molar-refractivity contribution is 5.94. The van der Waals surface area contributed by atoms with Crippen molar-refractivity contribution in [1.29, 1.82) is 0 Å². The van der Waals surface area contributed by atoms with Crippen molar-refractivity contribution in [3.05, 3.63) is 101 Å². The molecule has 0 saturated heterocycles. The SMILES string of the molecule is CCc1ccc(CN(Cc2cccnc2)C(=O)c2cccc(F)c2F)cc1. The molecule has 0 unspecified atom stereocenters. The molecule has 0 N–H and O–H groups in total. The number of nitrogens with zero attached hydrogens (tertiary/aromatic N) is 2. The maximum atomic E-state index is 14.2. The largest absolute Gasteiger partial charge is 0.330 e. The summed E-state index contributed by atoms with van der Waals surface area (Å²) in [7, 11) is 0. The molecule has 0 saturated carbocycles. The lowest BCUT2D eigenvalue weighted by Gasteiger charge is -2.23. The third kappa shape index (κ3) is 4.56. The van der Waals surface area contributed by atoms with Gasteiger partial charge in [-0.1, -0.05) is 43.3 Å². The maximum absolute atomic E-state index is 14.2. The van der Waals surface area contributed by atoms with Crippen LogP contribution < -0.4 is 0 Å². The molecule has 0 atom stereocenters. The van der Waals surface area contributed by atoms with Gasteiger partial charge in [-0.05, 0) is 41.3 Å². The van der Waals surface area contributed by atoms with Gasteiger partial charge in [0.1, 0.15) is 0 Å². The first-order chi connectivity index (χ1) is 13.1. The molecule has 0 aliphatic heterocycles. The Balaban J connectivity index is 1.90. The molecule has 2 aromatic carbocycles. The molecule has 0 aliphatic carbocycles. The quantitative estimate of drug-likeness (QED) is 0.630. The fourth-order valence-electron chi connectivity index (χ4n) is 2.85. The number of amides is 1. The molecule has 0 bridgehead atoms. The highest BCUT2D eigenvalue weighted by atomic mass is 19.2. The zero-order valence-electron chi connectivity index (χ0n) is 15.0. The predicted molar refractivity (Wildman–Crippen MR) is 100.0 cm³/mol. The standard InChI is InChI=1S/C22H20F2N2O/c1-2-16-8-10-17(11-9-16)14-26(15-18-5-4-12-25-13-18)22(27)19-6-3-7-20(23)21(19)24/h3-13H,2,14-15H2,1H3. The van der Waals surface area contributed by atoms with Gasteiger partial charge < -0.3 is 4.90 Å². The molecule has 3 nitrogen and oxygen atoms in total. The molecule has 0 fully saturated rings. The Bertz CT molecular complexity index is 911. The molecule has 0 spiro atoms. The van der Waals surface area contributed by atoms with Crippen LogP contribution in [0.5, 0.6) is 0 Å². The minimum atomic E-state index is -1.12. The fraction of sp³-hybridized carbons (Fsp3) is 0.182. The third-order valence-corrected chi connectivity index (χ3v) is 4.37. The second-order valence-corrected chi connectivity index (χ2v) is 6.29. The molecule has 138 valence electrons. The minimum Gasteiger partial charge on any atom is -0.330 e. The normalized spacial score (nSPS) is 10.6. The highest BCUT2D eigenvalue weighted by Crippen LogP contribution is 2.18. The number of hydrogen-bond donors (Lipinski definition) is 0. The fourth-order valence-corrected chi connectivity index (χ4v) is 2.85. The Labute approximate surface area is 157 Å². The van der Waals surface area contributed by atoms with Crippen molar-refractivity contribution in [3.63, 3.8) is 0 Å². The zero-order chi connectivity index (χ0) is 19.2. The average Bonchev–Trinajstić information content (AvgIpc) is 2.70. The number of pyridine rings is 1. The van der Waals surface area contributed by atoms with Crippen LogP contribution in [0.3, 0.4) is 0 Å². The summed E-state index contributed by atoms with van der Waals surface area (Å²) >= 11 is 0. The molecular weight excluding hydrogens is 346 g/mol. The van der Waals surface area contributed by atoms with Crippen molar-refractivity contribution < 1.29 is 13.6 Å². The molecule has 27 heavy (non-hydrogen) atoms. The van der Waals surface area contributed by atoms with E-state index in [0.717, 1.165) is 23.6 Å². The van der Waals surface area contributed by atoms with Crippen LogP contribution in [-0.4, -0.2) is 15.8 Å². The molecular formula is C22H20F2N2O. The van der Waals surface area contributed by atoms with Gasteiger partial charge >= 0.3 is 0 Å². The predicted octanol–water partition coefficient (Wildman–Crippen LogP) is 4.76. The van der Waals surface area contributed by atoms with Gasteiger partial charge in [-0.15, -0.1) is 0 Å². The van der Waals surface area contributed by atoms with Crippen molar-refractivity contribution in [2.24, 2.45) is 0 Å². The van der Waals surface area contributed by atoms with Crippen molar-refractivity contribution in [2.45, 2.75) is 26.4 Å². The Morgan fingerprint density at radius 2 is 1.63 bits per heavy atom. The van der Waals surface area contributed by atoms with Crippen LogP contribution in [0.2, 0.25) is 0 Å². The Morgan fingerprint density at radius 3 is 2.30 bits per heavy atom. The second-order valence-electron chi connectivity index (χ2n) is 6.29. The monoisotopic (exact) mass is 366 g/mol. The summed E-state index contributed by atoms with van der Waals surface area (Å²) in [6.07, 6.45) is 4.22. The molecule has 0 radical (unpaired) electrons. The van der Waals surface area contributed by atoms with E-state index >= 15 is 0 Å². The molecule has 3 aromatic rings. The maximum Gasteiger partial charge on any atom is 0.257 e. The highest BCUT2D eigenvalue weighted by Gasteiger charge is 2.22. The first-order valence-electron chi connectivity index (χ1n) is 8.78. The molecule has 5 heteroatoms. The minimum absolute atomic E-state index is 0.248. The number of aryl methyl sites for hydroxylation is 1. The van der Waals surface area contributed by atoms with Gasteiger partial charge in [0.25, 0.3) is 5.91 Å². The smallest absolute Gasteiger partial charge is 0.257 e. The Kier molecular flexibility index (Phi) is 5.91. The van der Waals surface area contributed by atoms with E-state index in [-0.39, 0.29) is 18.7 Å². The van der Waals surface area contributed by atoms with Gasteiger partial charge in [0, 0.05) is 25.5 Å². The summed E-state index contributed by atoms with van der Waals surface area (Å²) in [6, 6.07) is 15.2. The summed E-state index contributed by atoms with van der Waals surface area (Å²) in [5, 5.41) is 0. The lowest BCUT2D eigenvalue weighted by Crippen LogP contribution is -2.31. The summed E-state index contributed by atoms with van der Waals surface area (Å²) in [6.45, 7) is 2.60. The van der Waals surface area contributed by atoms with Gasteiger partial charge in [0.05, 0.1) is 5.56 Å². The number of rotatable bonds is 6. The summed E-state index contributed by atoms with van der Waals surface area (Å²) < 4.78 is 27.7. The van der Waals surface area contributed by atoms with Crippen molar-refractivity contribution in [1.82, 2.24) is 9.88 Å². The van der Waals surface area contributed by atoms with Crippen LogP contribution in [0.4, 0.5) is 8.78 Å². The summed E-state index contributed by atoms with van der Waals surface area (Å²) in [5.41, 5.74) is 2.65. The van der Waals surface area contributed by atoms with Crippen LogP contribution >= 0.6 is 0 Å². The number of benzene rings is 2. The zero-order valence-corrected chi connectivity index (χ0v) is 15.0. The number of carbonyl (C=O) groups is 1. The molecule has 1 amide bonds. The molecule has 0 aliphatic rings. The van der Waals surface area contributed by atoms with Crippen molar-refractivity contribution >= 4 is 5.91 Å². The van der Waals surface area contributed by atoms with Crippen molar-refractivity contribution in [2.75, 3.05) is 0 Å². The van der Waals surface area contributed by atoms with E-state index in [9.17, 15) is 13.6 Å². The number of halogens is 2. The number of aromatic nitrogens is 1. The van der Waals surface area contributed by atoms with Gasteiger partial charge in [-0.2, -0.15) is 0 Å². The Hall–Kier alpha value is -3.08. The van der Waals surface area contributed by atoms with Gasteiger partial charge in [0.15, 0.2) is 11.6 Å². The second kappa shape index (κ2) is 8.54. The Morgan fingerprint density at radius 1 is 0.926 bits per heavy atom. The topological polar surface area (TPSA) is 33.2 Å². The van der Waals surface area contributed by atoms with Crippen LogP contribution in [0.25, 0.3) is 0 Å². The summed E-state index contributed by atoms with van der Waals surface area (Å²) in [5.74, 6) is -2.72. The molecule has 3 rings (SSSR count). The number of hydrogen-bond acceptors (Lipinski definition) is 2. The lowest BCUT2D eigenvalue weighted by atomic mass is 10.1. The number of carbonyl (C=O) groups excluding carboxylic acids is 1. The summed E-state index contributed by atoms with van der Waals surface area (Å²) in [4.78, 5) is 18.5. The first kappa shape index (κ1) is 18.7. The van der Waals surface area contributed by atoms with E-state index < -0.39 is 17.5 Å². The van der Waals surface area contributed by atoms with E-state index in [0.29, 0.717) is 0 Å². The molecule has 1 heterocycles. The van der Waals surface area contributed by atoms with Gasteiger partial charge in [-0.3, -0.25) is 9.78 Å². The van der Waals surface area contributed by atoms with Crippen LogP contribution in [0, 0.1) is 11.6 Å². The van der Waals surface area contributed by atoms with Crippen LogP contribution in [0.15, 0.2) is 67.0 Å². The van der Waals surface area contributed by atoms with Gasteiger partial charge in [0.2, 0.25) is 0 Å². The van der Waals surface area contributed by atoms with Gasteiger partial charge in [-0.25, -0.2) is 8.78 Å². The average molecular weight is 366 g/mol. The van der Waals surface area contributed by atoms with E-state index in [1.807, 2.05) is 30.3 Å². The van der Waals surface area contributed by atoms with E-state index in [2.05, 4.69) is 11.9 Å². The van der Waals surface area contributed by atoms with Crippen LogP contribution in [-0.2, 0) is 19.5 Å². The lowest BCUT2D eigenvalue weighted by molar-refractivity contribution is 0.0724. The third-order valence-electron chi connectivity index (χ3n) is 4.37. The van der Waals surface area contributed by atoms with E-state index in [1.165, 1.54) is 22.6 Å². The van der Waals surface area contributed by atoms with Crippen LogP contribution in [0.1, 0.15) is 34.0 Å². The first-order valence-corrected chi connectivity index (χ1v) is 8.78. The van der Waals surface area contributed by atoms with E-state index in [4.69, 9.17) is 0 Å². The molecule has 1 aromatic heterocycles. The van der Waals surface area contributed by atoms with E-state index in [1.54, 1.807) is 18.5 Å².